The molecule has 50 heavy (non-hydrogen) atoms. The van der Waals surface area contributed by atoms with Crippen molar-refractivity contribution in [3.63, 3.8) is 0 Å². The quantitative estimate of drug-likeness (QED) is 0.185. The summed E-state index contributed by atoms with van der Waals surface area (Å²) >= 11 is 1.83. The minimum Gasteiger partial charge on any atom is -0.309 e. The fourth-order valence-electron chi connectivity index (χ4n) is 7.26. The highest BCUT2D eigenvalue weighted by Gasteiger charge is 2.19. The van der Waals surface area contributed by atoms with Gasteiger partial charge in [-0.1, -0.05) is 133 Å². The number of fused-ring (bicyclic) bond motifs is 6. The highest BCUT2D eigenvalue weighted by Crippen LogP contribution is 2.40. The van der Waals surface area contributed by atoms with Crippen LogP contribution in [-0.2, 0) is 0 Å². The molecule has 10 aromatic rings. The molecule has 3 nitrogen and oxygen atoms in total. The van der Waals surface area contributed by atoms with Crippen LogP contribution in [-0.4, -0.2) is 14.5 Å². The SMILES string of the molecule is c1ccc(-c2ccc(-c3nc(-c4ccc5sc6ccccc6c5c4)cc(-c4cccc5c6ccccc6n(-c6ccccc6)c45)n3)cc2)cc1. The van der Waals surface area contributed by atoms with E-state index in [1.165, 1.54) is 42.0 Å². The summed E-state index contributed by atoms with van der Waals surface area (Å²) in [5, 5.41) is 4.94. The Morgan fingerprint density at radius 1 is 0.400 bits per heavy atom. The number of hydrogen-bond acceptors (Lipinski definition) is 3. The molecule has 7 aromatic carbocycles. The molecule has 0 spiro atoms. The minimum atomic E-state index is 0.701. The van der Waals surface area contributed by atoms with Gasteiger partial charge in [-0.15, -0.1) is 11.3 Å². The Morgan fingerprint density at radius 2 is 1.02 bits per heavy atom. The lowest BCUT2D eigenvalue weighted by Crippen LogP contribution is -1.99. The zero-order chi connectivity index (χ0) is 33.0. The fourth-order valence-corrected chi connectivity index (χ4v) is 8.35. The number of nitrogens with zero attached hydrogens (tertiary/aromatic N) is 3. The molecule has 0 aliphatic rings. The van der Waals surface area contributed by atoms with Crippen LogP contribution in [0.15, 0.2) is 176 Å². The van der Waals surface area contributed by atoms with Crippen molar-refractivity contribution in [2.45, 2.75) is 0 Å². The van der Waals surface area contributed by atoms with Gasteiger partial charge in [0.1, 0.15) is 0 Å². The Bertz CT molecular complexity index is 2850. The van der Waals surface area contributed by atoms with Gasteiger partial charge in [-0.3, -0.25) is 0 Å². The standard InChI is InChI=1S/C46H29N3S/c1-3-12-30(13-4-1)31-22-24-32(25-23-31)46-47-40(33-26-27-44-39(28-33)36-17-8-10-21-43(36)50-44)29-41(48-46)38-19-11-18-37-35-16-7-9-20-42(35)49(45(37)38)34-14-5-2-6-15-34/h1-29H. The van der Waals surface area contributed by atoms with Crippen molar-refractivity contribution in [2.24, 2.45) is 0 Å². The number of benzene rings is 7. The molecule has 0 bridgehead atoms. The maximum absolute atomic E-state index is 5.34. The van der Waals surface area contributed by atoms with Crippen molar-refractivity contribution in [3.05, 3.63) is 176 Å². The summed E-state index contributed by atoms with van der Waals surface area (Å²) in [5.41, 5.74) is 10.7. The summed E-state index contributed by atoms with van der Waals surface area (Å²) in [6.45, 7) is 0. The predicted octanol–water partition coefficient (Wildman–Crippen LogP) is 12.6. The topological polar surface area (TPSA) is 30.7 Å². The average Bonchev–Trinajstić information content (AvgIpc) is 3.74. The third kappa shape index (κ3) is 4.73. The molecule has 0 fully saturated rings. The number of thiophene rings is 1. The first-order valence-corrected chi connectivity index (χ1v) is 17.6. The third-order valence-electron chi connectivity index (χ3n) is 9.63. The lowest BCUT2D eigenvalue weighted by atomic mass is 10.0. The second kappa shape index (κ2) is 11.7. The van der Waals surface area contributed by atoms with E-state index >= 15 is 0 Å². The van der Waals surface area contributed by atoms with Gasteiger partial charge < -0.3 is 4.57 Å². The maximum atomic E-state index is 5.34. The molecule has 0 radical (unpaired) electrons. The fraction of sp³-hybridized carbons (Fsp3) is 0. The van der Waals surface area contributed by atoms with E-state index in [4.69, 9.17) is 9.97 Å². The Hall–Kier alpha value is -6.36. The van der Waals surface area contributed by atoms with Gasteiger partial charge in [-0.2, -0.15) is 0 Å². The van der Waals surface area contributed by atoms with Crippen LogP contribution in [0, 0.1) is 0 Å². The van der Waals surface area contributed by atoms with E-state index in [-0.39, 0.29) is 0 Å². The summed E-state index contributed by atoms with van der Waals surface area (Å²) in [5.74, 6) is 0.701. The summed E-state index contributed by atoms with van der Waals surface area (Å²) in [4.78, 5) is 10.6. The summed E-state index contributed by atoms with van der Waals surface area (Å²) in [6.07, 6.45) is 0. The van der Waals surface area contributed by atoms with Crippen LogP contribution in [0.2, 0.25) is 0 Å². The summed E-state index contributed by atoms with van der Waals surface area (Å²) in [6, 6.07) is 62.5. The first-order valence-electron chi connectivity index (χ1n) is 16.8. The van der Waals surface area contributed by atoms with Gasteiger partial charge in [0.05, 0.1) is 22.4 Å². The Kier molecular flexibility index (Phi) is 6.68. The number of rotatable bonds is 5. The number of para-hydroxylation sites is 3. The van der Waals surface area contributed by atoms with Gasteiger partial charge in [0, 0.05) is 53.3 Å². The zero-order valence-electron chi connectivity index (χ0n) is 27.0. The van der Waals surface area contributed by atoms with Crippen molar-refractivity contribution in [1.29, 1.82) is 0 Å². The van der Waals surface area contributed by atoms with Crippen molar-refractivity contribution in [2.75, 3.05) is 0 Å². The second-order valence-corrected chi connectivity index (χ2v) is 13.7. The second-order valence-electron chi connectivity index (χ2n) is 12.6. The number of hydrogen-bond donors (Lipinski definition) is 0. The highest BCUT2D eigenvalue weighted by molar-refractivity contribution is 7.25. The predicted molar refractivity (Wildman–Crippen MR) is 211 cm³/mol. The lowest BCUT2D eigenvalue weighted by Gasteiger charge is -2.13. The highest BCUT2D eigenvalue weighted by atomic mass is 32.1. The van der Waals surface area contributed by atoms with Crippen LogP contribution in [0.5, 0.6) is 0 Å². The largest absolute Gasteiger partial charge is 0.309 e. The molecular weight excluding hydrogens is 627 g/mol. The summed E-state index contributed by atoms with van der Waals surface area (Å²) < 4.78 is 4.94. The van der Waals surface area contributed by atoms with E-state index in [9.17, 15) is 0 Å². The van der Waals surface area contributed by atoms with Gasteiger partial charge >= 0.3 is 0 Å². The van der Waals surface area contributed by atoms with Crippen molar-refractivity contribution >= 4 is 53.3 Å². The van der Waals surface area contributed by atoms with E-state index in [2.05, 4.69) is 174 Å². The molecule has 0 aliphatic heterocycles. The van der Waals surface area contributed by atoms with Gasteiger partial charge in [-0.05, 0) is 53.6 Å². The molecule has 4 heteroatoms. The Morgan fingerprint density at radius 3 is 1.86 bits per heavy atom. The third-order valence-corrected chi connectivity index (χ3v) is 10.8. The maximum Gasteiger partial charge on any atom is 0.160 e. The zero-order valence-corrected chi connectivity index (χ0v) is 27.8. The van der Waals surface area contributed by atoms with Crippen molar-refractivity contribution < 1.29 is 0 Å². The molecule has 0 saturated heterocycles. The molecule has 10 rings (SSSR count). The minimum absolute atomic E-state index is 0.701. The Balaban J connectivity index is 1.22. The lowest BCUT2D eigenvalue weighted by molar-refractivity contribution is 1.16. The monoisotopic (exact) mass is 655 g/mol. The van der Waals surface area contributed by atoms with E-state index in [1.807, 2.05) is 17.4 Å². The first kappa shape index (κ1) is 28.6. The molecule has 0 N–H and O–H groups in total. The van der Waals surface area contributed by atoms with Crippen LogP contribution in [0.4, 0.5) is 0 Å². The average molecular weight is 656 g/mol. The van der Waals surface area contributed by atoms with E-state index in [0.29, 0.717) is 5.82 Å². The normalized spacial score (nSPS) is 11.6. The van der Waals surface area contributed by atoms with Crippen LogP contribution < -0.4 is 0 Å². The van der Waals surface area contributed by atoms with Gasteiger partial charge in [0.15, 0.2) is 5.82 Å². The van der Waals surface area contributed by atoms with Gasteiger partial charge in [0.25, 0.3) is 0 Å². The van der Waals surface area contributed by atoms with Gasteiger partial charge in [0.2, 0.25) is 0 Å². The molecule has 0 atom stereocenters. The van der Waals surface area contributed by atoms with Crippen LogP contribution in [0.1, 0.15) is 0 Å². The molecule has 0 unspecified atom stereocenters. The van der Waals surface area contributed by atoms with Crippen LogP contribution in [0.25, 0.3) is 92.7 Å². The Labute approximate surface area is 293 Å². The van der Waals surface area contributed by atoms with E-state index in [1.54, 1.807) is 0 Å². The smallest absolute Gasteiger partial charge is 0.160 e. The summed E-state index contributed by atoms with van der Waals surface area (Å²) in [7, 11) is 0. The molecule has 3 aromatic heterocycles. The number of aromatic nitrogens is 3. The molecular formula is C46H29N3S. The van der Waals surface area contributed by atoms with Gasteiger partial charge in [-0.25, -0.2) is 9.97 Å². The first-order chi connectivity index (χ1) is 24.8. The molecule has 3 heterocycles. The van der Waals surface area contributed by atoms with Crippen LogP contribution in [0.3, 0.4) is 0 Å². The van der Waals surface area contributed by atoms with E-state index < -0.39 is 0 Å². The van der Waals surface area contributed by atoms with E-state index in [0.717, 1.165) is 44.8 Å². The molecule has 0 saturated carbocycles. The molecule has 234 valence electrons. The molecule has 0 aliphatic carbocycles. The van der Waals surface area contributed by atoms with Crippen molar-refractivity contribution in [1.82, 2.24) is 14.5 Å². The molecule has 0 amide bonds. The van der Waals surface area contributed by atoms with Crippen LogP contribution >= 0.6 is 11.3 Å². The van der Waals surface area contributed by atoms with Crippen molar-refractivity contribution in [3.8, 4) is 50.7 Å².